The van der Waals surface area contributed by atoms with Gasteiger partial charge < -0.3 is 9.64 Å². The lowest BCUT2D eigenvalue weighted by Crippen LogP contribution is -2.40. The van der Waals surface area contributed by atoms with Crippen molar-refractivity contribution in [3.05, 3.63) is 92.2 Å². The van der Waals surface area contributed by atoms with Crippen LogP contribution in [-0.2, 0) is 4.74 Å². The van der Waals surface area contributed by atoms with E-state index in [1.165, 1.54) is 11.3 Å². The summed E-state index contributed by atoms with van der Waals surface area (Å²) >= 11 is 1.40. The third kappa shape index (κ3) is 4.54. The SMILES string of the molecule is CCC(c1nc2ccccc2c(=O)n1-c1ccc(C)c(C)c1)N(CCOC)C(=O)c1cccs1. The molecule has 2 heterocycles. The molecule has 6 nitrogen and oxygen atoms in total. The van der Waals surface area contributed by atoms with E-state index < -0.39 is 6.04 Å². The molecule has 4 aromatic rings. The third-order valence-corrected chi connectivity index (χ3v) is 7.00. The van der Waals surface area contributed by atoms with Crippen LogP contribution in [-0.4, -0.2) is 40.6 Å². The van der Waals surface area contributed by atoms with Crippen LogP contribution in [0.3, 0.4) is 0 Å². The van der Waals surface area contributed by atoms with E-state index in [-0.39, 0.29) is 11.5 Å². The number of aryl methyl sites for hydroxylation is 2. The minimum atomic E-state index is -0.413. The number of fused-ring (bicyclic) bond motifs is 1. The molecule has 176 valence electrons. The lowest BCUT2D eigenvalue weighted by Gasteiger charge is -2.32. The van der Waals surface area contributed by atoms with Gasteiger partial charge in [0.1, 0.15) is 5.82 Å². The molecule has 2 aromatic heterocycles. The molecule has 34 heavy (non-hydrogen) atoms. The van der Waals surface area contributed by atoms with E-state index in [0.29, 0.717) is 41.2 Å². The lowest BCUT2D eigenvalue weighted by molar-refractivity contribution is 0.0584. The van der Waals surface area contributed by atoms with Crippen LogP contribution < -0.4 is 5.56 Å². The maximum atomic E-state index is 13.8. The molecule has 7 heteroatoms. The summed E-state index contributed by atoms with van der Waals surface area (Å²) in [6.45, 7) is 6.86. The first-order valence-electron chi connectivity index (χ1n) is 11.4. The first kappa shape index (κ1) is 23.9. The Labute approximate surface area is 203 Å². The summed E-state index contributed by atoms with van der Waals surface area (Å²) in [6.07, 6.45) is 0.594. The number of aromatic nitrogens is 2. The Morgan fingerprint density at radius 1 is 1.12 bits per heavy atom. The molecule has 1 atom stereocenters. The number of hydrogen-bond acceptors (Lipinski definition) is 5. The normalized spacial score (nSPS) is 12.1. The van der Waals surface area contributed by atoms with Crippen molar-refractivity contribution >= 4 is 28.1 Å². The maximum absolute atomic E-state index is 13.8. The van der Waals surface area contributed by atoms with Crippen LogP contribution >= 0.6 is 11.3 Å². The van der Waals surface area contributed by atoms with Crippen molar-refractivity contribution in [2.24, 2.45) is 0 Å². The number of nitrogens with zero attached hydrogens (tertiary/aromatic N) is 3. The van der Waals surface area contributed by atoms with Crippen LogP contribution in [0, 0.1) is 13.8 Å². The summed E-state index contributed by atoms with van der Waals surface area (Å²) in [4.78, 5) is 34.7. The van der Waals surface area contributed by atoms with E-state index in [2.05, 4.69) is 0 Å². The van der Waals surface area contributed by atoms with Gasteiger partial charge in [0.25, 0.3) is 11.5 Å². The zero-order chi connectivity index (χ0) is 24.2. The number of carbonyl (C=O) groups is 1. The summed E-state index contributed by atoms with van der Waals surface area (Å²) in [5.74, 6) is 0.461. The Bertz CT molecular complexity index is 1360. The van der Waals surface area contributed by atoms with E-state index in [1.54, 1.807) is 22.6 Å². The Balaban J connectivity index is 1.96. The van der Waals surface area contributed by atoms with Gasteiger partial charge >= 0.3 is 0 Å². The van der Waals surface area contributed by atoms with Crippen molar-refractivity contribution in [2.45, 2.75) is 33.2 Å². The van der Waals surface area contributed by atoms with Gasteiger partial charge in [0.05, 0.1) is 34.1 Å². The fraction of sp³-hybridized carbons (Fsp3) is 0.296. The molecule has 4 rings (SSSR count). The van der Waals surface area contributed by atoms with Gasteiger partial charge in [0.15, 0.2) is 0 Å². The number of hydrogen-bond donors (Lipinski definition) is 0. The van der Waals surface area contributed by atoms with Crippen LogP contribution in [0.15, 0.2) is 64.8 Å². The van der Waals surface area contributed by atoms with Gasteiger partial charge in [0, 0.05) is 13.7 Å². The second-order valence-corrected chi connectivity index (χ2v) is 9.24. The predicted molar refractivity (Wildman–Crippen MR) is 137 cm³/mol. The monoisotopic (exact) mass is 475 g/mol. The summed E-state index contributed by atoms with van der Waals surface area (Å²) in [7, 11) is 1.62. The fourth-order valence-corrected chi connectivity index (χ4v) is 4.84. The molecule has 0 saturated heterocycles. The van der Waals surface area contributed by atoms with Crippen LogP contribution in [0.4, 0.5) is 0 Å². The maximum Gasteiger partial charge on any atom is 0.266 e. The van der Waals surface area contributed by atoms with Gasteiger partial charge in [-0.05, 0) is 67.1 Å². The number of ether oxygens (including phenoxy) is 1. The molecule has 1 amide bonds. The van der Waals surface area contributed by atoms with Gasteiger partial charge in [0.2, 0.25) is 0 Å². The molecule has 0 spiro atoms. The van der Waals surface area contributed by atoms with Gasteiger partial charge in [-0.15, -0.1) is 11.3 Å². The Kier molecular flexibility index (Phi) is 7.24. The van der Waals surface area contributed by atoms with Crippen molar-refractivity contribution in [1.29, 1.82) is 0 Å². The topological polar surface area (TPSA) is 64.4 Å². The van der Waals surface area contributed by atoms with E-state index in [9.17, 15) is 9.59 Å². The van der Waals surface area contributed by atoms with Gasteiger partial charge in [-0.25, -0.2) is 4.98 Å². The Hall–Kier alpha value is -3.29. The molecule has 0 aliphatic carbocycles. The zero-order valence-electron chi connectivity index (χ0n) is 19.9. The average Bonchev–Trinajstić information content (AvgIpc) is 3.38. The highest BCUT2D eigenvalue weighted by Crippen LogP contribution is 2.28. The molecule has 0 fully saturated rings. The molecule has 0 bridgehead atoms. The highest BCUT2D eigenvalue weighted by atomic mass is 32.1. The van der Waals surface area contributed by atoms with E-state index >= 15 is 0 Å². The van der Waals surface area contributed by atoms with Crippen LogP contribution in [0.25, 0.3) is 16.6 Å². The van der Waals surface area contributed by atoms with E-state index in [1.807, 2.05) is 74.7 Å². The molecule has 2 aromatic carbocycles. The number of rotatable bonds is 8. The van der Waals surface area contributed by atoms with Crippen molar-refractivity contribution in [3.8, 4) is 5.69 Å². The highest BCUT2D eigenvalue weighted by Gasteiger charge is 2.30. The number of thiophene rings is 1. The quantitative estimate of drug-likeness (QED) is 0.347. The highest BCUT2D eigenvalue weighted by molar-refractivity contribution is 7.12. The number of methoxy groups -OCH3 is 1. The minimum Gasteiger partial charge on any atom is -0.383 e. The molecule has 0 saturated carbocycles. The van der Waals surface area contributed by atoms with Gasteiger partial charge in [-0.3, -0.25) is 14.2 Å². The van der Waals surface area contributed by atoms with Crippen LogP contribution in [0.1, 0.15) is 46.0 Å². The number of amides is 1. The summed E-state index contributed by atoms with van der Waals surface area (Å²) < 4.78 is 7.00. The molecule has 1 unspecified atom stereocenters. The number of benzene rings is 2. The average molecular weight is 476 g/mol. The first-order chi connectivity index (χ1) is 16.5. The standard InChI is InChI=1S/C27H29N3O3S/c1-5-23(29(14-15-33-4)27(32)24-11-8-16-34-24)25-28-22-10-7-6-9-21(22)26(31)30(25)20-13-12-18(2)19(3)17-20/h6-13,16-17,23H,5,14-15H2,1-4H3. The molecule has 0 aliphatic rings. The Morgan fingerprint density at radius 3 is 2.59 bits per heavy atom. The molecular formula is C27H29N3O3S. The van der Waals surface area contributed by atoms with Gasteiger partial charge in [-0.2, -0.15) is 0 Å². The predicted octanol–water partition coefficient (Wildman–Crippen LogP) is 5.30. The Morgan fingerprint density at radius 2 is 1.91 bits per heavy atom. The van der Waals surface area contributed by atoms with E-state index in [4.69, 9.17) is 9.72 Å². The van der Waals surface area contributed by atoms with Crippen LogP contribution in [0.2, 0.25) is 0 Å². The number of carbonyl (C=O) groups excluding carboxylic acids is 1. The first-order valence-corrected chi connectivity index (χ1v) is 12.3. The molecule has 0 radical (unpaired) electrons. The van der Waals surface area contributed by atoms with Crippen LogP contribution in [0.5, 0.6) is 0 Å². The fourth-order valence-electron chi connectivity index (χ4n) is 4.16. The summed E-state index contributed by atoms with van der Waals surface area (Å²) in [6, 6.07) is 16.6. The van der Waals surface area contributed by atoms with Crippen molar-refractivity contribution in [3.63, 3.8) is 0 Å². The second-order valence-electron chi connectivity index (χ2n) is 8.29. The van der Waals surface area contributed by atoms with Crippen molar-refractivity contribution < 1.29 is 9.53 Å². The third-order valence-electron chi connectivity index (χ3n) is 6.14. The largest absolute Gasteiger partial charge is 0.383 e. The second kappa shape index (κ2) is 10.3. The summed E-state index contributed by atoms with van der Waals surface area (Å²) in [5.41, 5.74) is 3.46. The molecule has 0 N–H and O–H groups in total. The van der Waals surface area contributed by atoms with E-state index in [0.717, 1.165) is 16.8 Å². The lowest BCUT2D eigenvalue weighted by atomic mass is 10.1. The zero-order valence-corrected chi connectivity index (χ0v) is 20.8. The van der Waals surface area contributed by atoms with Gasteiger partial charge in [-0.1, -0.05) is 31.2 Å². The van der Waals surface area contributed by atoms with Crippen molar-refractivity contribution in [2.75, 3.05) is 20.3 Å². The van der Waals surface area contributed by atoms with Crippen molar-refractivity contribution in [1.82, 2.24) is 14.5 Å². The number of para-hydroxylation sites is 1. The summed E-state index contributed by atoms with van der Waals surface area (Å²) in [5, 5.41) is 2.44. The molecule has 0 aliphatic heterocycles. The molecular weight excluding hydrogens is 446 g/mol. The smallest absolute Gasteiger partial charge is 0.266 e. The minimum absolute atomic E-state index is 0.0899.